The Morgan fingerprint density at radius 3 is 2.70 bits per heavy atom. The predicted molar refractivity (Wildman–Crippen MR) is 82.5 cm³/mol. The van der Waals surface area contributed by atoms with Crippen LogP contribution in [-0.2, 0) is 6.18 Å². The highest BCUT2D eigenvalue weighted by molar-refractivity contribution is 7.10. The van der Waals surface area contributed by atoms with Crippen molar-refractivity contribution in [3.8, 4) is 0 Å². The molecule has 0 saturated carbocycles. The van der Waals surface area contributed by atoms with Crippen LogP contribution in [0.3, 0.4) is 0 Å². The number of urea groups is 1. The highest BCUT2D eigenvalue weighted by Gasteiger charge is 2.30. The first kappa shape index (κ1) is 17.3. The third kappa shape index (κ3) is 4.70. The largest absolute Gasteiger partial charge is 0.416 e. The van der Waals surface area contributed by atoms with Crippen LogP contribution in [0.4, 0.5) is 23.7 Å². The Morgan fingerprint density at radius 2 is 2.09 bits per heavy atom. The smallest absolute Gasteiger partial charge is 0.386 e. The fraction of sp³-hybridized carbons (Fsp3) is 0.267. The first-order chi connectivity index (χ1) is 10.8. The number of hydrogen-bond donors (Lipinski definition) is 3. The molecule has 0 aliphatic heterocycles. The van der Waals surface area contributed by atoms with E-state index in [0.29, 0.717) is 0 Å². The quantitative estimate of drug-likeness (QED) is 0.787. The molecule has 0 saturated heterocycles. The van der Waals surface area contributed by atoms with E-state index in [1.807, 2.05) is 18.4 Å². The third-order valence-corrected chi connectivity index (χ3v) is 4.23. The predicted octanol–water partition coefficient (Wildman–Crippen LogP) is 3.93. The Morgan fingerprint density at radius 1 is 1.35 bits per heavy atom. The first-order valence-electron chi connectivity index (χ1n) is 6.71. The van der Waals surface area contributed by atoms with Gasteiger partial charge in [0, 0.05) is 10.6 Å². The lowest BCUT2D eigenvalue weighted by Gasteiger charge is -2.13. The molecule has 2 aromatic rings. The molecular formula is C15H15F3N2O2S. The molecule has 4 nitrogen and oxygen atoms in total. The summed E-state index contributed by atoms with van der Waals surface area (Å²) in [5.41, 5.74) is 0.103. The van der Waals surface area contributed by atoms with E-state index in [4.69, 9.17) is 0 Å². The lowest BCUT2D eigenvalue weighted by Crippen LogP contribution is -2.32. The molecule has 1 heterocycles. The molecule has 124 valence electrons. The van der Waals surface area contributed by atoms with Crippen LogP contribution in [0.25, 0.3) is 0 Å². The molecule has 0 radical (unpaired) electrons. The van der Waals surface area contributed by atoms with Crippen LogP contribution < -0.4 is 10.6 Å². The van der Waals surface area contributed by atoms with Gasteiger partial charge in [-0.3, -0.25) is 0 Å². The van der Waals surface area contributed by atoms with E-state index in [9.17, 15) is 23.1 Å². The number of carbonyl (C=O) groups is 1. The average Bonchev–Trinajstić information content (AvgIpc) is 2.90. The zero-order valence-corrected chi connectivity index (χ0v) is 13.0. The topological polar surface area (TPSA) is 61.4 Å². The van der Waals surface area contributed by atoms with Crippen molar-refractivity contribution in [2.75, 3.05) is 11.9 Å². The molecule has 1 aromatic carbocycles. The molecule has 3 N–H and O–H groups in total. The van der Waals surface area contributed by atoms with E-state index >= 15 is 0 Å². The summed E-state index contributed by atoms with van der Waals surface area (Å²) in [5, 5.41) is 16.5. The van der Waals surface area contributed by atoms with Crippen LogP contribution in [0.1, 0.15) is 22.1 Å². The average molecular weight is 344 g/mol. The van der Waals surface area contributed by atoms with Gasteiger partial charge in [0.1, 0.15) is 6.10 Å². The lowest BCUT2D eigenvalue weighted by atomic mass is 10.2. The minimum absolute atomic E-state index is 0.0270. The fourth-order valence-electron chi connectivity index (χ4n) is 1.96. The number of rotatable bonds is 4. The maximum absolute atomic E-state index is 12.6. The Balaban J connectivity index is 1.91. The number of nitrogens with one attached hydrogen (secondary N) is 2. The number of aliphatic hydroxyl groups is 1. The minimum Gasteiger partial charge on any atom is -0.386 e. The van der Waals surface area contributed by atoms with Gasteiger partial charge in [-0.2, -0.15) is 13.2 Å². The summed E-state index contributed by atoms with van der Waals surface area (Å²) < 4.78 is 37.8. The van der Waals surface area contributed by atoms with E-state index in [0.717, 1.165) is 22.6 Å². The molecule has 2 amide bonds. The maximum Gasteiger partial charge on any atom is 0.416 e. The zero-order chi connectivity index (χ0) is 17.0. The lowest BCUT2D eigenvalue weighted by molar-refractivity contribution is -0.137. The Kier molecular flexibility index (Phi) is 5.27. The molecule has 23 heavy (non-hydrogen) atoms. The molecule has 8 heteroatoms. The van der Waals surface area contributed by atoms with E-state index in [2.05, 4.69) is 10.6 Å². The third-order valence-electron chi connectivity index (χ3n) is 3.11. The van der Waals surface area contributed by atoms with Crippen molar-refractivity contribution in [1.29, 1.82) is 0 Å². The summed E-state index contributed by atoms with van der Waals surface area (Å²) in [4.78, 5) is 12.5. The standard InChI is InChI=1S/C15H15F3N2O2S/c1-9-5-6-23-13(9)12(21)8-19-14(22)20-11-4-2-3-10(7-11)15(16,17)18/h2-7,12,21H,8H2,1H3,(H2,19,20,22)/t12-/m1/s1. The highest BCUT2D eigenvalue weighted by atomic mass is 32.1. The number of thiophene rings is 1. The molecule has 0 fully saturated rings. The Labute approximate surface area is 135 Å². The molecule has 1 aromatic heterocycles. The van der Waals surface area contributed by atoms with Gasteiger partial charge in [-0.15, -0.1) is 11.3 Å². The summed E-state index contributed by atoms with van der Waals surface area (Å²) in [6.45, 7) is 1.81. The van der Waals surface area contributed by atoms with Gasteiger partial charge in [-0.05, 0) is 42.1 Å². The van der Waals surface area contributed by atoms with Crippen molar-refractivity contribution in [3.63, 3.8) is 0 Å². The maximum atomic E-state index is 12.6. The molecule has 0 unspecified atom stereocenters. The number of halogens is 3. The number of alkyl halides is 3. The summed E-state index contributed by atoms with van der Waals surface area (Å²) in [7, 11) is 0. The van der Waals surface area contributed by atoms with Crippen molar-refractivity contribution in [2.45, 2.75) is 19.2 Å². The summed E-state index contributed by atoms with van der Waals surface area (Å²) in [6.07, 6.45) is -5.33. The van der Waals surface area contributed by atoms with Gasteiger partial charge >= 0.3 is 12.2 Å². The van der Waals surface area contributed by atoms with Gasteiger partial charge in [0.05, 0.1) is 12.1 Å². The number of carbonyl (C=O) groups excluding carboxylic acids is 1. The number of aliphatic hydroxyl groups excluding tert-OH is 1. The van der Waals surface area contributed by atoms with Crippen LogP contribution in [0.5, 0.6) is 0 Å². The number of hydrogen-bond acceptors (Lipinski definition) is 3. The normalized spacial score (nSPS) is 12.7. The number of benzene rings is 1. The Bertz CT molecular complexity index is 685. The second kappa shape index (κ2) is 7.01. The SMILES string of the molecule is Cc1ccsc1[C@H](O)CNC(=O)Nc1cccc(C(F)(F)F)c1. The Hall–Kier alpha value is -2.06. The molecule has 2 rings (SSSR count). The van der Waals surface area contributed by atoms with Gasteiger partial charge in [0.25, 0.3) is 0 Å². The molecule has 0 bridgehead atoms. The second-order valence-corrected chi connectivity index (χ2v) is 5.84. The van der Waals surface area contributed by atoms with Crippen molar-refractivity contribution in [1.82, 2.24) is 5.32 Å². The van der Waals surface area contributed by atoms with Gasteiger partial charge in [-0.1, -0.05) is 6.07 Å². The van der Waals surface area contributed by atoms with Gasteiger partial charge in [0.2, 0.25) is 0 Å². The first-order valence-corrected chi connectivity index (χ1v) is 7.59. The van der Waals surface area contributed by atoms with Gasteiger partial charge in [-0.25, -0.2) is 4.79 Å². The van der Waals surface area contributed by atoms with Crippen molar-refractivity contribution in [3.05, 3.63) is 51.7 Å². The molecular weight excluding hydrogens is 329 g/mol. The van der Waals surface area contributed by atoms with E-state index in [1.54, 1.807) is 0 Å². The summed E-state index contributed by atoms with van der Waals surface area (Å²) in [5.74, 6) is 0. The van der Waals surface area contributed by atoms with Gasteiger partial charge < -0.3 is 15.7 Å². The summed E-state index contributed by atoms with van der Waals surface area (Å²) >= 11 is 1.37. The zero-order valence-electron chi connectivity index (χ0n) is 12.1. The molecule has 0 aliphatic rings. The van der Waals surface area contributed by atoms with Gasteiger partial charge in [0.15, 0.2) is 0 Å². The molecule has 0 aliphatic carbocycles. The van der Waals surface area contributed by atoms with Crippen LogP contribution in [0, 0.1) is 6.92 Å². The monoisotopic (exact) mass is 344 g/mol. The second-order valence-electron chi connectivity index (χ2n) is 4.90. The van der Waals surface area contributed by atoms with Crippen molar-refractivity contribution < 1.29 is 23.1 Å². The van der Waals surface area contributed by atoms with Crippen LogP contribution >= 0.6 is 11.3 Å². The van der Waals surface area contributed by atoms with E-state index in [1.165, 1.54) is 23.5 Å². The van der Waals surface area contributed by atoms with Crippen LogP contribution in [0.15, 0.2) is 35.7 Å². The van der Waals surface area contributed by atoms with E-state index in [-0.39, 0.29) is 12.2 Å². The van der Waals surface area contributed by atoms with Crippen molar-refractivity contribution >= 4 is 23.1 Å². The number of aryl methyl sites for hydroxylation is 1. The number of anilines is 1. The molecule has 1 atom stereocenters. The summed E-state index contributed by atoms with van der Waals surface area (Å²) in [6, 6.07) is 5.51. The van der Waals surface area contributed by atoms with E-state index < -0.39 is 23.9 Å². The number of amides is 2. The fourth-order valence-corrected chi connectivity index (χ4v) is 2.87. The molecule has 0 spiro atoms. The van der Waals surface area contributed by atoms with Crippen LogP contribution in [0.2, 0.25) is 0 Å². The highest BCUT2D eigenvalue weighted by Crippen LogP contribution is 2.30. The minimum atomic E-state index is -4.47. The van der Waals surface area contributed by atoms with Crippen molar-refractivity contribution in [2.24, 2.45) is 0 Å². The van der Waals surface area contributed by atoms with Crippen LogP contribution in [-0.4, -0.2) is 17.7 Å².